The van der Waals surface area contributed by atoms with Gasteiger partial charge in [0.15, 0.2) is 0 Å². The van der Waals surface area contributed by atoms with Gasteiger partial charge >= 0.3 is 0 Å². The molecular formula is C13H12N2O3S. The molecule has 6 heteroatoms. The summed E-state index contributed by atoms with van der Waals surface area (Å²) in [7, 11) is 0. The van der Waals surface area contributed by atoms with Gasteiger partial charge in [-0.1, -0.05) is 36.9 Å². The van der Waals surface area contributed by atoms with Crippen LogP contribution in [-0.2, 0) is 4.79 Å². The Kier molecular flexibility index (Phi) is 3.71. The molecule has 0 fully saturated rings. The predicted molar refractivity (Wildman–Crippen MR) is 75.6 cm³/mol. The molecule has 1 atom stereocenters. The maximum atomic E-state index is 11.9. The Morgan fingerprint density at radius 1 is 1.37 bits per heavy atom. The van der Waals surface area contributed by atoms with Gasteiger partial charge in [0.05, 0.1) is 6.42 Å². The van der Waals surface area contributed by atoms with Crippen LogP contribution < -0.4 is 5.32 Å². The normalized spacial score (nSPS) is 21.6. The molecule has 0 spiro atoms. The third-order valence-corrected chi connectivity index (χ3v) is 3.26. The molecule has 1 N–H and O–H groups in total. The summed E-state index contributed by atoms with van der Waals surface area (Å²) in [5.74, 6) is -0.291. The van der Waals surface area contributed by atoms with E-state index in [-0.39, 0.29) is 12.3 Å². The minimum atomic E-state index is -1.42. The summed E-state index contributed by atoms with van der Waals surface area (Å²) in [4.78, 5) is 20.8. The first-order valence-electron chi connectivity index (χ1n) is 5.64. The van der Waals surface area contributed by atoms with Gasteiger partial charge in [-0.25, -0.2) is 0 Å². The van der Waals surface area contributed by atoms with Gasteiger partial charge in [0.1, 0.15) is 0 Å². The van der Waals surface area contributed by atoms with E-state index in [9.17, 15) is 14.9 Å². The van der Waals surface area contributed by atoms with Crippen LogP contribution in [0.4, 0.5) is 5.69 Å². The maximum Gasteiger partial charge on any atom is 0.286 e. The third-order valence-electron chi connectivity index (χ3n) is 2.76. The summed E-state index contributed by atoms with van der Waals surface area (Å²) >= 11 is 3.99. The number of nitrogens with zero attached hydrogens (tertiary/aromatic N) is 1. The molecule has 1 aromatic rings. The number of anilines is 1. The number of carbonyl (C=O) groups excluding carboxylic acids is 1. The van der Waals surface area contributed by atoms with Gasteiger partial charge in [0.25, 0.3) is 10.8 Å². The Bertz CT molecular complexity index is 569. The van der Waals surface area contributed by atoms with E-state index in [1.807, 2.05) is 18.2 Å². The summed E-state index contributed by atoms with van der Waals surface area (Å²) in [6, 6.07) is 9.01. The number of rotatable bonds is 3. The van der Waals surface area contributed by atoms with E-state index in [1.54, 1.807) is 12.1 Å². The minimum Gasteiger partial charge on any atom is -0.322 e. The van der Waals surface area contributed by atoms with E-state index in [1.165, 1.54) is 18.2 Å². The SMILES string of the molecule is O=C(Nc1ccccc1)C1=CCC(S)([N+](=O)[O-])C=C1. The average Bonchev–Trinajstić information content (AvgIpc) is 2.40. The summed E-state index contributed by atoms with van der Waals surface area (Å²) in [6.07, 6.45) is 4.36. The molecule has 19 heavy (non-hydrogen) atoms. The lowest BCUT2D eigenvalue weighted by molar-refractivity contribution is -0.523. The number of nitro groups is 1. The smallest absolute Gasteiger partial charge is 0.286 e. The molecule has 1 aliphatic rings. The highest BCUT2D eigenvalue weighted by atomic mass is 32.1. The quantitative estimate of drug-likeness (QED) is 0.385. The number of para-hydroxylation sites is 1. The molecule has 98 valence electrons. The third kappa shape index (κ3) is 3.03. The summed E-state index contributed by atoms with van der Waals surface area (Å²) < 4.78 is 0. The van der Waals surface area contributed by atoms with Crippen molar-refractivity contribution in [3.05, 3.63) is 64.2 Å². The summed E-state index contributed by atoms with van der Waals surface area (Å²) in [5, 5.41) is 13.5. The van der Waals surface area contributed by atoms with Crippen molar-refractivity contribution in [1.82, 2.24) is 0 Å². The predicted octanol–water partition coefficient (Wildman–Crippen LogP) is 2.41. The molecular weight excluding hydrogens is 264 g/mol. The second kappa shape index (κ2) is 5.27. The summed E-state index contributed by atoms with van der Waals surface area (Å²) in [5.41, 5.74) is 1.08. The van der Waals surface area contributed by atoms with Crippen LogP contribution in [0.3, 0.4) is 0 Å². The van der Waals surface area contributed by atoms with Gasteiger partial charge < -0.3 is 5.32 Å². The highest BCUT2D eigenvalue weighted by Gasteiger charge is 2.36. The van der Waals surface area contributed by atoms with Crippen molar-refractivity contribution in [3.8, 4) is 0 Å². The van der Waals surface area contributed by atoms with Crippen molar-refractivity contribution in [1.29, 1.82) is 0 Å². The highest BCUT2D eigenvalue weighted by Crippen LogP contribution is 2.28. The van der Waals surface area contributed by atoms with E-state index in [4.69, 9.17) is 0 Å². The van der Waals surface area contributed by atoms with Crippen molar-refractivity contribution < 1.29 is 9.72 Å². The van der Waals surface area contributed by atoms with Gasteiger partial charge in [-0.15, -0.1) is 0 Å². The first kappa shape index (κ1) is 13.4. The van der Waals surface area contributed by atoms with Crippen LogP contribution in [-0.4, -0.2) is 15.7 Å². The Morgan fingerprint density at radius 3 is 2.58 bits per heavy atom. The van der Waals surface area contributed by atoms with Gasteiger partial charge in [0.2, 0.25) is 0 Å². The lowest BCUT2D eigenvalue weighted by Gasteiger charge is -2.18. The minimum absolute atomic E-state index is 0.0805. The number of nitrogens with one attached hydrogen (secondary N) is 1. The van der Waals surface area contributed by atoms with Crippen molar-refractivity contribution in [2.45, 2.75) is 11.3 Å². The second-order valence-electron chi connectivity index (χ2n) is 4.15. The van der Waals surface area contributed by atoms with Crippen LogP contribution in [0.2, 0.25) is 0 Å². The fourth-order valence-electron chi connectivity index (χ4n) is 1.65. The zero-order valence-electron chi connectivity index (χ0n) is 9.95. The van der Waals surface area contributed by atoms with E-state index in [0.29, 0.717) is 11.3 Å². The Labute approximate surface area is 115 Å². The Balaban J connectivity index is 2.05. The number of benzene rings is 1. The van der Waals surface area contributed by atoms with Crippen molar-refractivity contribution >= 4 is 24.2 Å². The molecule has 0 aromatic heterocycles. The topological polar surface area (TPSA) is 72.2 Å². The first-order valence-corrected chi connectivity index (χ1v) is 6.09. The van der Waals surface area contributed by atoms with Gasteiger partial charge in [-0.2, -0.15) is 0 Å². The standard InChI is InChI=1S/C13H12N2O3S/c16-12(14-11-4-2-1-3-5-11)10-6-8-13(19,9-7-10)15(17)18/h1-8,19H,9H2,(H,14,16). The van der Waals surface area contributed by atoms with E-state index >= 15 is 0 Å². The van der Waals surface area contributed by atoms with E-state index in [2.05, 4.69) is 17.9 Å². The zero-order valence-corrected chi connectivity index (χ0v) is 10.8. The molecule has 0 radical (unpaired) electrons. The molecule has 1 aromatic carbocycles. The van der Waals surface area contributed by atoms with E-state index in [0.717, 1.165) is 0 Å². The van der Waals surface area contributed by atoms with E-state index < -0.39 is 9.79 Å². The van der Waals surface area contributed by atoms with Crippen LogP contribution in [0.1, 0.15) is 6.42 Å². The molecule has 0 heterocycles. The molecule has 1 amide bonds. The van der Waals surface area contributed by atoms with Crippen molar-refractivity contribution in [3.63, 3.8) is 0 Å². The molecule has 1 unspecified atom stereocenters. The first-order chi connectivity index (χ1) is 9.01. The fraction of sp³-hybridized carbons (Fsp3) is 0.154. The van der Waals surface area contributed by atoms with Crippen LogP contribution in [0.5, 0.6) is 0 Å². The average molecular weight is 276 g/mol. The number of carbonyl (C=O) groups is 1. The number of hydrogen-bond acceptors (Lipinski definition) is 4. The fourth-order valence-corrected chi connectivity index (χ4v) is 1.81. The molecule has 0 saturated heterocycles. The molecule has 0 bridgehead atoms. The van der Waals surface area contributed by atoms with Crippen LogP contribution in [0.15, 0.2) is 54.1 Å². The van der Waals surface area contributed by atoms with Gasteiger partial charge in [-0.05, 0) is 18.2 Å². The number of thiol groups is 1. The van der Waals surface area contributed by atoms with Crippen molar-refractivity contribution in [2.24, 2.45) is 0 Å². The largest absolute Gasteiger partial charge is 0.322 e. The molecule has 0 saturated carbocycles. The second-order valence-corrected chi connectivity index (χ2v) is 4.93. The molecule has 2 rings (SSSR count). The molecule has 1 aliphatic carbocycles. The molecule has 0 aliphatic heterocycles. The monoisotopic (exact) mass is 276 g/mol. The molecule has 5 nitrogen and oxygen atoms in total. The van der Waals surface area contributed by atoms with Gasteiger partial charge in [0, 0.05) is 22.3 Å². The Hall–Kier alpha value is -2.08. The number of amides is 1. The van der Waals surface area contributed by atoms with Crippen molar-refractivity contribution in [2.75, 3.05) is 5.32 Å². The maximum absolute atomic E-state index is 11.9. The lowest BCUT2D eigenvalue weighted by Crippen LogP contribution is -2.31. The number of hydrogen-bond donors (Lipinski definition) is 2. The Morgan fingerprint density at radius 2 is 2.05 bits per heavy atom. The highest BCUT2D eigenvalue weighted by molar-refractivity contribution is 7.81. The van der Waals surface area contributed by atoms with Gasteiger partial charge in [-0.3, -0.25) is 14.9 Å². The van der Waals surface area contributed by atoms with Crippen LogP contribution in [0.25, 0.3) is 0 Å². The van der Waals surface area contributed by atoms with Crippen LogP contribution >= 0.6 is 12.6 Å². The lowest BCUT2D eigenvalue weighted by atomic mass is 10.0. The zero-order chi connectivity index (χ0) is 13.9. The van der Waals surface area contributed by atoms with Crippen LogP contribution in [0, 0.1) is 10.1 Å². The summed E-state index contributed by atoms with van der Waals surface area (Å²) in [6.45, 7) is 0.